The largest absolute Gasteiger partial charge is 0.328 e. The molecule has 164 valence electrons. The van der Waals surface area contributed by atoms with Gasteiger partial charge in [0.05, 0.1) is 27.2 Å². The van der Waals surface area contributed by atoms with Crippen LogP contribution >= 0.6 is 0 Å². The first kappa shape index (κ1) is 27.0. The Hall–Kier alpha value is -0.0400. The van der Waals surface area contributed by atoms with Crippen LogP contribution in [0.5, 0.6) is 0 Å². The van der Waals surface area contributed by atoms with E-state index in [0.29, 0.717) is 0 Å². The molecule has 0 aromatic heterocycles. The average Bonchev–Trinajstić information content (AvgIpc) is 2.64. The molecule has 0 atom stereocenters. The van der Waals surface area contributed by atoms with E-state index in [2.05, 4.69) is 27.9 Å². The molecule has 0 spiro atoms. The Morgan fingerprint density at radius 1 is 0.333 bits per heavy atom. The van der Waals surface area contributed by atoms with E-state index in [1.54, 1.807) is 0 Å². The van der Waals surface area contributed by atoms with Crippen LogP contribution < -0.4 is 0 Å². The summed E-state index contributed by atoms with van der Waals surface area (Å²) in [6.45, 7) is 7.37. The summed E-state index contributed by atoms with van der Waals surface area (Å²) < 4.78 is 1.24. The van der Waals surface area contributed by atoms with E-state index in [-0.39, 0.29) is 0 Å². The fourth-order valence-corrected chi connectivity index (χ4v) is 4.17. The third-order valence-corrected chi connectivity index (χ3v) is 6.23. The molecule has 27 heavy (non-hydrogen) atoms. The SMILES string of the molecule is CCCCCCCCCCCCCC[N+](C)(C)CCCCCCCCCC. The van der Waals surface area contributed by atoms with E-state index >= 15 is 0 Å². The lowest BCUT2D eigenvalue weighted by Crippen LogP contribution is -2.41. The Morgan fingerprint density at radius 2 is 0.556 bits per heavy atom. The van der Waals surface area contributed by atoms with Crippen molar-refractivity contribution in [2.24, 2.45) is 0 Å². The summed E-state index contributed by atoms with van der Waals surface area (Å²) in [5.74, 6) is 0. The monoisotopic (exact) mass is 382 g/mol. The molecule has 0 rings (SSSR count). The molecule has 0 saturated carbocycles. The van der Waals surface area contributed by atoms with Gasteiger partial charge in [-0.05, 0) is 25.7 Å². The van der Waals surface area contributed by atoms with Crippen molar-refractivity contribution in [1.29, 1.82) is 0 Å². The second-order valence-corrected chi connectivity index (χ2v) is 9.75. The topological polar surface area (TPSA) is 0 Å². The third kappa shape index (κ3) is 22.1. The molecule has 0 fully saturated rings. The van der Waals surface area contributed by atoms with Gasteiger partial charge in [0.15, 0.2) is 0 Å². The number of hydrogen-bond donors (Lipinski definition) is 0. The van der Waals surface area contributed by atoms with Crippen molar-refractivity contribution in [2.45, 2.75) is 142 Å². The van der Waals surface area contributed by atoms with E-state index in [4.69, 9.17) is 0 Å². The molecule has 0 unspecified atom stereocenters. The van der Waals surface area contributed by atoms with Crippen molar-refractivity contribution in [1.82, 2.24) is 0 Å². The van der Waals surface area contributed by atoms with Crippen LogP contribution in [0.2, 0.25) is 0 Å². The highest BCUT2D eigenvalue weighted by Crippen LogP contribution is 2.14. The van der Waals surface area contributed by atoms with Gasteiger partial charge in [0.25, 0.3) is 0 Å². The molecular weight excluding hydrogens is 326 g/mol. The second-order valence-electron chi connectivity index (χ2n) is 9.75. The molecule has 0 heterocycles. The number of rotatable bonds is 22. The zero-order valence-electron chi connectivity index (χ0n) is 20.0. The maximum Gasteiger partial charge on any atom is 0.0782 e. The highest BCUT2D eigenvalue weighted by atomic mass is 15.3. The molecular formula is C26H56N+. The van der Waals surface area contributed by atoms with Crippen LogP contribution in [0.4, 0.5) is 0 Å². The van der Waals surface area contributed by atoms with Crippen LogP contribution in [0, 0.1) is 0 Å². The molecule has 0 bridgehead atoms. The van der Waals surface area contributed by atoms with Gasteiger partial charge in [-0.15, -0.1) is 0 Å². The third-order valence-electron chi connectivity index (χ3n) is 6.23. The average molecular weight is 383 g/mol. The maximum atomic E-state index is 2.44. The first-order chi connectivity index (χ1) is 13.1. The lowest BCUT2D eigenvalue weighted by atomic mass is 10.0. The summed E-state index contributed by atoms with van der Waals surface area (Å²) in [6.07, 6.45) is 29.0. The molecule has 0 aliphatic heterocycles. The Balaban J connectivity index is 3.30. The molecule has 0 saturated heterocycles. The van der Waals surface area contributed by atoms with Crippen molar-refractivity contribution in [3.8, 4) is 0 Å². The molecule has 0 aromatic rings. The van der Waals surface area contributed by atoms with Crippen LogP contribution in [0.1, 0.15) is 142 Å². The maximum absolute atomic E-state index is 2.44. The van der Waals surface area contributed by atoms with Crippen molar-refractivity contribution in [3.05, 3.63) is 0 Å². The molecule has 0 aliphatic rings. The fraction of sp³-hybridized carbons (Fsp3) is 1.00. The fourth-order valence-electron chi connectivity index (χ4n) is 4.17. The van der Waals surface area contributed by atoms with Gasteiger partial charge in [0.1, 0.15) is 0 Å². The Bertz CT molecular complexity index is 271. The summed E-state index contributed by atoms with van der Waals surface area (Å²) in [7, 11) is 4.89. The molecule has 1 heteroatoms. The van der Waals surface area contributed by atoms with E-state index in [1.807, 2.05) is 0 Å². The van der Waals surface area contributed by atoms with E-state index in [1.165, 1.54) is 146 Å². The summed E-state index contributed by atoms with van der Waals surface area (Å²) >= 11 is 0. The van der Waals surface area contributed by atoms with Crippen LogP contribution in [0.15, 0.2) is 0 Å². The molecule has 0 amide bonds. The normalized spacial score (nSPS) is 12.0. The molecule has 0 aromatic carbocycles. The van der Waals surface area contributed by atoms with Crippen LogP contribution in [0.3, 0.4) is 0 Å². The molecule has 0 aliphatic carbocycles. The van der Waals surface area contributed by atoms with Crippen molar-refractivity contribution >= 4 is 0 Å². The van der Waals surface area contributed by atoms with E-state index in [0.717, 1.165) is 0 Å². The van der Waals surface area contributed by atoms with Gasteiger partial charge < -0.3 is 4.48 Å². The van der Waals surface area contributed by atoms with Crippen molar-refractivity contribution in [3.63, 3.8) is 0 Å². The second kappa shape index (κ2) is 20.7. The van der Waals surface area contributed by atoms with Gasteiger partial charge >= 0.3 is 0 Å². The van der Waals surface area contributed by atoms with Gasteiger partial charge in [-0.25, -0.2) is 0 Å². The first-order valence-electron chi connectivity index (χ1n) is 12.9. The van der Waals surface area contributed by atoms with Gasteiger partial charge in [-0.1, -0.05) is 117 Å². The lowest BCUT2D eigenvalue weighted by Gasteiger charge is -2.30. The zero-order chi connectivity index (χ0) is 20.1. The number of hydrogen-bond acceptors (Lipinski definition) is 0. The summed E-state index contributed by atoms with van der Waals surface area (Å²) in [5, 5.41) is 0. The van der Waals surface area contributed by atoms with Crippen LogP contribution in [0.25, 0.3) is 0 Å². The first-order valence-corrected chi connectivity index (χ1v) is 12.9. The van der Waals surface area contributed by atoms with E-state index in [9.17, 15) is 0 Å². The Morgan fingerprint density at radius 3 is 0.815 bits per heavy atom. The quantitative estimate of drug-likeness (QED) is 0.129. The standard InChI is InChI=1S/C26H56N/c1-5-7-9-11-13-15-16-17-18-20-22-24-26-27(3,4)25-23-21-19-14-12-10-8-6-2/h5-26H2,1-4H3/q+1. The molecule has 0 N–H and O–H groups in total. The summed E-state index contributed by atoms with van der Waals surface area (Å²) in [5.41, 5.74) is 0. The van der Waals surface area contributed by atoms with Gasteiger partial charge in [0.2, 0.25) is 0 Å². The number of nitrogens with zero attached hydrogens (tertiary/aromatic N) is 1. The highest BCUT2D eigenvalue weighted by molar-refractivity contribution is 4.50. The van der Waals surface area contributed by atoms with Crippen LogP contribution in [-0.4, -0.2) is 31.7 Å². The smallest absolute Gasteiger partial charge is 0.0782 e. The Labute approximate surface area is 174 Å². The van der Waals surface area contributed by atoms with E-state index < -0.39 is 0 Å². The van der Waals surface area contributed by atoms with Gasteiger partial charge in [-0.3, -0.25) is 0 Å². The minimum atomic E-state index is 1.24. The lowest BCUT2D eigenvalue weighted by molar-refractivity contribution is -0.890. The van der Waals surface area contributed by atoms with Crippen molar-refractivity contribution < 1.29 is 4.48 Å². The van der Waals surface area contributed by atoms with Crippen molar-refractivity contribution in [2.75, 3.05) is 27.2 Å². The predicted molar refractivity (Wildman–Crippen MR) is 126 cm³/mol. The minimum Gasteiger partial charge on any atom is -0.328 e. The highest BCUT2D eigenvalue weighted by Gasteiger charge is 2.13. The predicted octanol–water partition coefficient (Wildman–Crippen LogP) is 8.90. The summed E-state index contributed by atoms with van der Waals surface area (Å²) in [4.78, 5) is 0. The van der Waals surface area contributed by atoms with Gasteiger partial charge in [0, 0.05) is 0 Å². The Kier molecular flexibility index (Phi) is 20.7. The van der Waals surface area contributed by atoms with Gasteiger partial charge in [-0.2, -0.15) is 0 Å². The number of quaternary nitrogens is 1. The molecule has 0 radical (unpaired) electrons. The summed E-state index contributed by atoms with van der Waals surface area (Å²) in [6, 6.07) is 0. The molecule has 1 nitrogen and oxygen atoms in total. The van der Waals surface area contributed by atoms with Crippen LogP contribution in [-0.2, 0) is 0 Å². The zero-order valence-corrected chi connectivity index (χ0v) is 20.0. The number of unbranched alkanes of at least 4 members (excludes halogenated alkanes) is 18. The minimum absolute atomic E-state index is 1.24.